The third-order valence-corrected chi connectivity index (χ3v) is 3.83. The molecule has 1 rings (SSSR count). The lowest BCUT2D eigenvalue weighted by Gasteiger charge is -2.25. The summed E-state index contributed by atoms with van der Waals surface area (Å²) in [6, 6.07) is 0. The van der Waals surface area contributed by atoms with Crippen molar-refractivity contribution in [1.82, 2.24) is 0 Å². The average Bonchev–Trinajstić information content (AvgIpc) is 2.51. The van der Waals surface area contributed by atoms with E-state index >= 15 is 0 Å². The van der Waals surface area contributed by atoms with Crippen LogP contribution in [-0.4, -0.2) is 0 Å². The van der Waals surface area contributed by atoms with Crippen LogP contribution in [0.25, 0.3) is 0 Å². The molecule has 0 aromatic rings. The summed E-state index contributed by atoms with van der Waals surface area (Å²) < 4.78 is 0. The molecule has 0 aromatic heterocycles. The molecule has 0 amide bonds. The molecule has 0 spiro atoms. The second-order valence-electron chi connectivity index (χ2n) is 5.45. The predicted molar refractivity (Wildman–Crippen MR) is 59.9 cm³/mol. The highest BCUT2D eigenvalue weighted by atomic mass is 14.3. The Kier molecular flexibility index (Phi) is 4.28. The zero-order valence-electron chi connectivity index (χ0n) is 9.73. The molecule has 1 atom stereocenters. The fourth-order valence-corrected chi connectivity index (χ4v) is 2.71. The Hall–Kier alpha value is 0. The first-order valence-corrected chi connectivity index (χ1v) is 6.16. The highest BCUT2D eigenvalue weighted by molar-refractivity contribution is 4.80. The highest BCUT2D eigenvalue weighted by Crippen LogP contribution is 2.42. The average molecular weight is 182 g/mol. The van der Waals surface area contributed by atoms with Gasteiger partial charge in [-0.1, -0.05) is 52.9 Å². The quantitative estimate of drug-likeness (QED) is 0.574. The van der Waals surface area contributed by atoms with Crippen molar-refractivity contribution < 1.29 is 0 Å². The molecule has 1 aliphatic rings. The second-order valence-corrected chi connectivity index (χ2v) is 5.45. The maximum atomic E-state index is 2.50. The first-order chi connectivity index (χ1) is 6.16. The first kappa shape index (κ1) is 11.1. The molecule has 1 fully saturated rings. The molecular formula is C13H26. The van der Waals surface area contributed by atoms with E-state index in [1.54, 1.807) is 0 Å². The van der Waals surface area contributed by atoms with Crippen LogP contribution < -0.4 is 0 Å². The lowest BCUT2D eigenvalue weighted by atomic mass is 9.81. The zero-order valence-corrected chi connectivity index (χ0v) is 9.73. The first-order valence-electron chi connectivity index (χ1n) is 6.16. The summed E-state index contributed by atoms with van der Waals surface area (Å²) in [7, 11) is 0. The fourth-order valence-electron chi connectivity index (χ4n) is 2.71. The summed E-state index contributed by atoms with van der Waals surface area (Å²) in [4.78, 5) is 0. The summed E-state index contributed by atoms with van der Waals surface area (Å²) in [6.45, 7) is 7.22. The van der Waals surface area contributed by atoms with Gasteiger partial charge in [-0.25, -0.2) is 0 Å². The van der Waals surface area contributed by atoms with Gasteiger partial charge in [-0.2, -0.15) is 0 Å². The van der Waals surface area contributed by atoms with E-state index in [1.165, 1.54) is 51.4 Å². The van der Waals surface area contributed by atoms with E-state index in [1.807, 2.05) is 0 Å². The minimum absolute atomic E-state index is 0.724. The summed E-state index contributed by atoms with van der Waals surface area (Å²) in [5.74, 6) is 0.961. The summed E-state index contributed by atoms with van der Waals surface area (Å²) in [5, 5.41) is 0. The molecular weight excluding hydrogens is 156 g/mol. The molecule has 13 heavy (non-hydrogen) atoms. The van der Waals surface area contributed by atoms with Crippen LogP contribution in [0.4, 0.5) is 0 Å². The van der Waals surface area contributed by atoms with Crippen LogP contribution in [0, 0.1) is 11.3 Å². The van der Waals surface area contributed by atoms with Gasteiger partial charge in [0.05, 0.1) is 0 Å². The zero-order chi connectivity index (χ0) is 9.73. The van der Waals surface area contributed by atoms with Gasteiger partial charge in [0, 0.05) is 0 Å². The van der Waals surface area contributed by atoms with Crippen LogP contribution in [0.2, 0.25) is 0 Å². The van der Waals surface area contributed by atoms with Crippen LogP contribution in [-0.2, 0) is 0 Å². The van der Waals surface area contributed by atoms with Crippen molar-refractivity contribution >= 4 is 0 Å². The van der Waals surface area contributed by atoms with Gasteiger partial charge in [-0.15, -0.1) is 0 Å². The van der Waals surface area contributed by atoms with Gasteiger partial charge in [0.1, 0.15) is 0 Å². The molecule has 0 heterocycles. The van der Waals surface area contributed by atoms with Crippen LogP contribution in [0.3, 0.4) is 0 Å². The Bertz CT molecular complexity index is 131. The Labute approximate surface area is 84.1 Å². The monoisotopic (exact) mass is 182 g/mol. The third kappa shape index (κ3) is 3.70. The summed E-state index contributed by atoms with van der Waals surface area (Å²) >= 11 is 0. The maximum Gasteiger partial charge on any atom is -0.0326 e. The number of hydrogen-bond donors (Lipinski definition) is 0. The molecule has 0 heteroatoms. The van der Waals surface area contributed by atoms with Crippen molar-refractivity contribution in [2.75, 3.05) is 0 Å². The van der Waals surface area contributed by atoms with E-state index in [-0.39, 0.29) is 0 Å². The molecule has 0 bridgehead atoms. The molecule has 1 aliphatic carbocycles. The highest BCUT2D eigenvalue weighted by Gasteiger charge is 2.28. The fraction of sp³-hybridized carbons (Fsp3) is 1.00. The normalized spacial score (nSPS) is 23.3. The number of rotatable bonds is 5. The minimum Gasteiger partial charge on any atom is -0.0654 e. The van der Waals surface area contributed by atoms with Crippen LogP contribution >= 0.6 is 0 Å². The van der Waals surface area contributed by atoms with E-state index in [2.05, 4.69) is 20.8 Å². The van der Waals surface area contributed by atoms with Crippen molar-refractivity contribution in [2.45, 2.75) is 72.1 Å². The SMILES string of the molecule is CCCC(C)CCC1(C)CCCC1. The molecule has 0 aromatic carbocycles. The van der Waals surface area contributed by atoms with Crippen LogP contribution in [0.5, 0.6) is 0 Å². The van der Waals surface area contributed by atoms with E-state index in [0.717, 1.165) is 11.3 Å². The van der Waals surface area contributed by atoms with Gasteiger partial charge in [-0.3, -0.25) is 0 Å². The Morgan fingerprint density at radius 1 is 1.15 bits per heavy atom. The standard InChI is InChI=1S/C13H26/c1-4-7-12(2)8-11-13(3)9-5-6-10-13/h12H,4-11H2,1-3H3. The topological polar surface area (TPSA) is 0 Å². The van der Waals surface area contributed by atoms with E-state index < -0.39 is 0 Å². The lowest BCUT2D eigenvalue weighted by Crippen LogP contribution is -2.12. The van der Waals surface area contributed by atoms with Crippen LogP contribution in [0.1, 0.15) is 72.1 Å². The Balaban J connectivity index is 2.17. The molecule has 0 nitrogen and oxygen atoms in total. The van der Waals surface area contributed by atoms with Crippen molar-refractivity contribution in [3.63, 3.8) is 0 Å². The molecule has 1 unspecified atom stereocenters. The van der Waals surface area contributed by atoms with Gasteiger partial charge < -0.3 is 0 Å². The summed E-state index contributed by atoms with van der Waals surface area (Å²) in [5.41, 5.74) is 0.724. The van der Waals surface area contributed by atoms with Crippen LogP contribution in [0.15, 0.2) is 0 Å². The largest absolute Gasteiger partial charge is 0.0654 e. The van der Waals surface area contributed by atoms with E-state index in [9.17, 15) is 0 Å². The molecule has 0 N–H and O–H groups in total. The van der Waals surface area contributed by atoms with Gasteiger partial charge in [0.2, 0.25) is 0 Å². The predicted octanol–water partition coefficient (Wildman–Crippen LogP) is 4.78. The van der Waals surface area contributed by atoms with Crippen molar-refractivity contribution in [1.29, 1.82) is 0 Å². The van der Waals surface area contributed by atoms with Gasteiger partial charge in [0.25, 0.3) is 0 Å². The third-order valence-electron chi connectivity index (χ3n) is 3.83. The molecule has 0 aliphatic heterocycles. The Morgan fingerprint density at radius 2 is 1.77 bits per heavy atom. The molecule has 0 radical (unpaired) electrons. The van der Waals surface area contributed by atoms with Gasteiger partial charge in [-0.05, 0) is 30.6 Å². The van der Waals surface area contributed by atoms with Gasteiger partial charge in [0.15, 0.2) is 0 Å². The number of hydrogen-bond acceptors (Lipinski definition) is 0. The smallest absolute Gasteiger partial charge is 0.0326 e. The minimum atomic E-state index is 0.724. The lowest BCUT2D eigenvalue weighted by molar-refractivity contribution is 0.272. The van der Waals surface area contributed by atoms with Crippen molar-refractivity contribution in [2.24, 2.45) is 11.3 Å². The van der Waals surface area contributed by atoms with E-state index in [4.69, 9.17) is 0 Å². The molecule has 0 saturated heterocycles. The second kappa shape index (κ2) is 5.02. The Morgan fingerprint density at radius 3 is 2.31 bits per heavy atom. The van der Waals surface area contributed by atoms with Crippen molar-refractivity contribution in [3.05, 3.63) is 0 Å². The maximum absolute atomic E-state index is 2.50. The molecule has 78 valence electrons. The molecule has 1 saturated carbocycles. The summed E-state index contributed by atoms with van der Waals surface area (Å²) in [6.07, 6.45) is 11.7. The van der Waals surface area contributed by atoms with Crippen molar-refractivity contribution in [3.8, 4) is 0 Å². The van der Waals surface area contributed by atoms with E-state index in [0.29, 0.717) is 0 Å². The van der Waals surface area contributed by atoms with Gasteiger partial charge >= 0.3 is 0 Å².